The van der Waals surface area contributed by atoms with Crippen LogP contribution in [0.3, 0.4) is 0 Å². The van der Waals surface area contributed by atoms with Gasteiger partial charge in [0, 0.05) is 13.1 Å². The first-order valence-corrected chi connectivity index (χ1v) is 9.43. The second-order valence-corrected chi connectivity index (χ2v) is 8.98. The van der Waals surface area contributed by atoms with Crippen LogP contribution >= 0.6 is 0 Å². The minimum Gasteiger partial charge on any atom is -0.272 e. The van der Waals surface area contributed by atoms with Crippen molar-refractivity contribution in [1.82, 2.24) is 14.5 Å². The molecule has 1 heterocycles. The lowest BCUT2D eigenvalue weighted by molar-refractivity contribution is -0.00558. The summed E-state index contributed by atoms with van der Waals surface area (Å²) in [6.07, 6.45) is 7.71. The number of rotatable bonds is 3. The predicted molar refractivity (Wildman–Crippen MR) is 79.1 cm³/mol. The third kappa shape index (κ3) is 2.14. The Bertz CT molecular complexity index is 636. The van der Waals surface area contributed by atoms with Crippen molar-refractivity contribution in [2.45, 2.75) is 50.0 Å². The molecular weight excluding hydrogens is 286 g/mol. The van der Waals surface area contributed by atoms with Gasteiger partial charge in [-0.25, -0.2) is 13.1 Å². The van der Waals surface area contributed by atoms with Gasteiger partial charge in [0.2, 0.25) is 10.0 Å². The molecule has 4 bridgehead atoms. The molecule has 0 unspecified atom stereocenters. The van der Waals surface area contributed by atoms with Gasteiger partial charge in [-0.15, -0.1) is 0 Å². The maximum absolute atomic E-state index is 12.7. The number of aryl methyl sites for hydroxylation is 1. The molecule has 4 aliphatic rings. The lowest BCUT2D eigenvalue weighted by atomic mass is 9.54. The van der Waals surface area contributed by atoms with Crippen molar-refractivity contribution in [1.29, 1.82) is 0 Å². The molecule has 0 atom stereocenters. The standard InChI is InChI=1S/C15H23N3O2S/c1-9-14(8-16-18(9)2)21(19,20)17-15-12-4-10-3-11(6-12)7-13(15)5-10/h8,10-13,15,17H,3-7H2,1-2H3. The van der Waals surface area contributed by atoms with Crippen molar-refractivity contribution in [3.05, 3.63) is 11.9 Å². The summed E-state index contributed by atoms with van der Waals surface area (Å²) in [7, 11) is -1.67. The number of hydrogen-bond acceptors (Lipinski definition) is 3. The van der Waals surface area contributed by atoms with Gasteiger partial charge in [-0.3, -0.25) is 4.68 Å². The lowest BCUT2D eigenvalue weighted by Gasteiger charge is -2.54. The Morgan fingerprint density at radius 3 is 2.19 bits per heavy atom. The summed E-state index contributed by atoms with van der Waals surface area (Å²) in [5.41, 5.74) is 0.700. The van der Waals surface area contributed by atoms with Crippen LogP contribution in [0.1, 0.15) is 37.8 Å². The second kappa shape index (κ2) is 4.56. The summed E-state index contributed by atoms with van der Waals surface area (Å²) in [5.74, 6) is 2.81. The largest absolute Gasteiger partial charge is 0.272 e. The van der Waals surface area contributed by atoms with Crippen LogP contribution in [-0.2, 0) is 17.1 Å². The average molecular weight is 309 g/mol. The Morgan fingerprint density at radius 1 is 1.14 bits per heavy atom. The Morgan fingerprint density at radius 2 is 1.71 bits per heavy atom. The summed E-state index contributed by atoms with van der Waals surface area (Å²) in [6, 6.07) is 0.141. The Balaban J connectivity index is 1.60. The average Bonchev–Trinajstić information content (AvgIpc) is 2.74. The van der Waals surface area contributed by atoms with Crippen LogP contribution < -0.4 is 4.72 Å². The van der Waals surface area contributed by atoms with Crippen LogP contribution in [0.15, 0.2) is 11.1 Å². The van der Waals surface area contributed by atoms with E-state index >= 15 is 0 Å². The minimum atomic E-state index is -3.45. The molecule has 116 valence electrons. The van der Waals surface area contributed by atoms with E-state index in [1.54, 1.807) is 18.7 Å². The van der Waals surface area contributed by atoms with Gasteiger partial charge in [0.15, 0.2) is 0 Å². The molecule has 6 heteroatoms. The first kappa shape index (κ1) is 13.8. The van der Waals surface area contributed by atoms with Crippen LogP contribution in [0.25, 0.3) is 0 Å². The zero-order valence-electron chi connectivity index (χ0n) is 12.6. The van der Waals surface area contributed by atoms with E-state index in [0.717, 1.165) is 11.8 Å². The molecule has 0 aliphatic heterocycles. The smallest absolute Gasteiger partial charge is 0.244 e. The zero-order valence-corrected chi connectivity index (χ0v) is 13.4. The summed E-state index contributed by atoms with van der Waals surface area (Å²) in [5, 5.41) is 4.06. The molecule has 0 aromatic carbocycles. The third-order valence-corrected chi connectivity index (χ3v) is 7.56. The molecule has 1 N–H and O–H groups in total. The fourth-order valence-electron chi connectivity index (χ4n) is 5.10. The molecule has 5 rings (SSSR count). The topological polar surface area (TPSA) is 64.0 Å². The van der Waals surface area contributed by atoms with Crippen LogP contribution in [0, 0.1) is 30.6 Å². The summed E-state index contributed by atoms with van der Waals surface area (Å²) in [4.78, 5) is 0.332. The molecule has 0 radical (unpaired) electrons. The summed E-state index contributed by atoms with van der Waals surface area (Å²) in [6.45, 7) is 1.80. The molecule has 21 heavy (non-hydrogen) atoms. The summed E-state index contributed by atoms with van der Waals surface area (Å²) >= 11 is 0. The van der Waals surface area contributed by atoms with Gasteiger partial charge in [0.25, 0.3) is 0 Å². The van der Waals surface area contributed by atoms with E-state index < -0.39 is 10.0 Å². The summed E-state index contributed by atoms with van der Waals surface area (Å²) < 4.78 is 30.0. The predicted octanol–water partition coefficient (Wildman–Crippen LogP) is 1.83. The van der Waals surface area contributed by atoms with Crippen molar-refractivity contribution in [3.8, 4) is 0 Å². The van der Waals surface area contributed by atoms with E-state index in [-0.39, 0.29) is 6.04 Å². The zero-order chi connectivity index (χ0) is 14.8. The third-order valence-electron chi connectivity index (χ3n) is 6.00. The maximum atomic E-state index is 12.7. The number of nitrogens with zero attached hydrogens (tertiary/aromatic N) is 2. The fourth-order valence-corrected chi connectivity index (χ4v) is 6.68. The van der Waals surface area contributed by atoms with Gasteiger partial charge in [0.05, 0.1) is 11.9 Å². The highest BCUT2D eigenvalue weighted by Crippen LogP contribution is 2.53. The molecule has 0 amide bonds. The molecule has 1 aromatic heterocycles. The normalized spacial score (nSPS) is 38.1. The van der Waals surface area contributed by atoms with Crippen molar-refractivity contribution in [2.75, 3.05) is 0 Å². The minimum absolute atomic E-state index is 0.141. The van der Waals surface area contributed by atoms with Gasteiger partial charge in [0.1, 0.15) is 4.90 Å². The number of nitrogens with one attached hydrogen (secondary N) is 1. The molecular formula is C15H23N3O2S. The lowest BCUT2D eigenvalue weighted by Crippen LogP contribution is -2.55. The fraction of sp³-hybridized carbons (Fsp3) is 0.800. The van der Waals surface area contributed by atoms with E-state index in [1.165, 1.54) is 38.3 Å². The van der Waals surface area contributed by atoms with E-state index in [2.05, 4.69) is 9.82 Å². The molecule has 4 saturated carbocycles. The van der Waals surface area contributed by atoms with Gasteiger partial charge in [-0.1, -0.05) is 0 Å². The number of sulfonamides is 1. The molecule has 1 aromatic rings. The number of aromatic nitrogens is 2. The first-order valence-electron chi connectivity index (χ1n) is 7.95. The maximum Gasteiger partial charge on any atom is 0.244 e. The van der Waals surface area contributed by atoms with E-state index in [1.807, 2.05) is 0 Å². The van der Waals surface area contributed by atoms with Gasteiger partial charge in [-0.05, 0) is 62.7 Å². The van der Waals surface area contributed by atoms with Crippen molar-refractivity contribution >= 4 is 10.0 Å². The van der Waals surface area contributed by atoms with E-state index in [0.29, 0.717) is 22.4 Å². The number of hydrogen-bond donors (Lipinski definition) is 1. The van der Waals surface area contributed by atoms with Crippen LogP contribution in [0.4, 0.5) is 0 Å². The SMILES string of the molecule is Cc1c(S(=O)(=O)NC2C3CC4CC(C3)CC2C4)cnn1C. The second-order valence-electron chi connectivity index (χ2n) is 7.30. The Kier molecular flexibility index (Phi) is 2.99. The molecule has 0 spiro atoms. The van der Waals surface area contributed by atoms with Gasteiger partial charge >= 0.3 is 0 Å². The first-order chi connectivity index (χ1) is 9.94. The van der Waals surface area contributed by atoms with Crippen LogP contribution in [0.2, 0.25) is 0 Å². The van der Waals surface area contributed by atoms with Crippen LogP contribution in [0.5, 0.6) is 0 Å². The van der Waals surface area contributed by atoms with Crippen molar-refractivity contribution in [3.63, 3.8) is 0 Å². The van der Waals surface area contributed by atoms with Crippen molar-refractivity contribution < 1.29 is 8.42 Å². The Labute approximate surface area is 126 Å². The van der Waals surface area contributed by atoms with Gasteiger partial charge in [-0.2, -0.15) is 5.10 Å². The van der Waals surface area contributed by atoms with Crippen molar-refractivity contribution in [2.24, 2.45) is 30.7 Å². The van der Waals surface area contributed by atoms with Gasteiger partial charge < -0.3 is 0 Å². The molecule has 5 nitrogen and oxygen atoms in total. The highest BCUT2D eigenvalue weighted by atomic mass is 32.2. The highest BCUT2D eigenvalue weighted by Gasteiger charge is 2.49. The van der Waals surface area contributed by atoms with E-state index in [9.17, 15) is 8.42 Å². The molecule has 4 aliphatic carbocycles. The molecule has 4 fully saturated rings. The monoisotopic (exact) mass is 309 g/mol. The Hall–Kier alpha value is -0.880. The quantitative estimate of drug-likeness (QED) is 0.926. The molecule has 0 saturated heterocycles. The highest BCUT2D eigenvalue weighted by molar-refractivity contribution is 7.89. The van der Waals surface area contributed by atoms with E-state index in [4.69, 9.17) is 0 Å². The van der Waals surface area contributed by atoms with Crippen LogP contribution in [-0.4, -0.2) is 24.2 Å².